The van der Waals surface area contributed by atoms with E-state index in [-0.39, 0.29) is 32.0 Å². The van der Waals surface area contributed by atoms with Crippen molar-refractivity contribution in [3.63, 3.8) is 0 Å². The number of carboxylic acids is 1. The Labute approximate surface area is 174 Å². The van der Waals surface area contributed by atoms with E-state index in [1.54, 1.807) is 28.0 Å². The van der Waals surface area contributed by atoms with Crippen LogP contribution in [-0.4, -0.2) is 58.1 Å². The van der Waals surface area contributed by atoms with E-state index in [4.69, 9.17) is 17.0 Å². The van der Waals surface area contributed by atoms with Crippen LogP contribution in [0.2, 0.25) is 0 Å². The van der Waals surface area contributed by atoms with Gasteiger partial charge in [-0.25, -0.2) is 0 Å². The summed E-state index contributed by atoms with van der Waals surface area (Å²) in [5.41, 5.74) is 1.14. The standard InChI is InChI=1S/C20H23N3O5S/c1-2-10-22-15(19(27)23(12-13-24)20(22)29)7-8-17-21(11-9-18(25)26)14-5-3-4-6-16(14)28-17/h3-8,24H,2,9-13H2,1H3,(H,25,26)/p-1/b15-7?,17-8+. The second kappa shape index (κ2) is 9.06. The number of thiocarbonyl (C=S) groups is 1. The third-order valence-electron chi connectivity index (χ3n) is 4.55. The number of anilines is 1. The number of nitrogens with zero attached hydrogens (tertiary/aromatic N) is 3. The molecule has 1 N–H and O–H groups in total. The lowest BCUT2D eigenvalue weighted by molar-refractivity contribution is -0.305. The van der Waals surface area contributed by atoms with Gasteiger partial charge in [-0.2, -0.15) is 0 Å². The van der Waals surface area contributed by atoms with Gasteiger partial charge >= 0.3 is 0 Å². The van der Waals surface area contributed by atoms with Crippen molar-refractivity contribution in [2.24, 2.45) is 0 Å². The van der Waals surface area contributed by atoms with E-state index in [2.05, 4.69) is 0 Å². The molecule has 0 bridgehead atoms. The maximum atomic E-state index is 12.8. The summed E-state index contributed by atoms with van der Waals surface area (Å²) in [5, 5.41) is 20.5. The molecule has 9 heteroatoms. The highest BCUT2D eigenvalue weighted by molar-refractivity contribution is 7.80. The molecule has 1 fully saturated rings. The van der Waals surface area contributed by atoms with E-state index in [0.29, 0.717) is 29.0 Å². The summed E-state index contributed by atoms with van der Waals surface area (Å²) in [6, 6.07) is 7.29. The number of β-amino-alcohol motifs (C(OH)–C–C–N with tert-alkyl or cyclic N) is 1. The van der Waals surface area contributed by atoms with Gasteiger partial charge in [0.15, 0.2) is 10.9 Å². The Morgan fingerprint density at radius 1 is 1.17 bits per heavy atom. The van der Waals surface area contributed by atoms with Crippen molar-refractivity contribution in [1.29, 1.82) is 0 Å². The summed E-state index contributed by atoms with van der Waals surface area (Å²) >= 11 is 5.39. The van der Waals surface area contributed by atoms with Gasteiger partial charge in [0.1, 0.15) is 5.70 Å². The van der Waals surface area contributed by atoms with Crippen LogP contribution >= 0.6 is 12.2 Å². The minimum absolute atomic E-state index is 0.130. The lowest BCUT2D eigenvalue weighted by Gasteiger charge is -2.19. The fraction of sp³-hybridized carbons (Fsp3) is 0.350. The lowest BCUT2D eigenvalue weighted by Crippen LogP contribution is -2.35. The van der Waals surface area contributed by atoms with Gasteiger partial charge in [-0.15, -0.1) is 0 Å². The Morgan fingerprint density at radius 2 is 1.93 bits per heavy atom. The molecule has 1 aromatic carbocycles. The van der Waals surface area contributed by atoms with Gasteiger partial charge in [0.05, 0.1) is 18.8 Å². The smallest absolute Gasteiger partial charge is 0.276 e. The molecule has 154 valence electrons. The zero-order valence-electron chi connectivity index (χ0n) is 16.0. The number of aliphatic hydroxyl groups excluding tert-OH is 1. The molecule has 1 aromatic rings. The van der Waals surface area contributed by atoms with Crippen LogP contribution in [0.15, 0.2) is 48.0 Å². The first-order chi connectivity index (χ1) is 14.0. The number of carbonyl (C=O) groups is 2. The van der Waals surface area contributed by atoms with Crippen molar-refractivity contribution in [2.45, 2.75) is 19.8 Å². The van der Waals surface area contributed by atoms with E-state index < -0.39 is 5.97 Å². The number of hydrogen-bond donors (Lipinski definition) is 1. The van der Waals surface area contributed by atoms with Crippen molar-refractivity contribution in [3.8, 4) is 5.75 Å². The molecule has 3 rings (SSSR count). The van der Waals surface area contributed by atoms with Crippen LogP contribution in [0.3, 0.4) is 0 Å². The monoisotopic (exact) mass is 416 g/mol. The van der Waals surface area contributed by atoms with Gasteiger partial charge in [0, 0.05) is 31.6 Å². The maximum Gasteiger partial charge on any atom is 0.276 e. The Hall–Kier alpha value is -2.91. The summed E-state index contributed by atoms with van der Waals surface area (Å²) in [5.74, 6) is -0.421. The van der Waals surface area contributed by atoms with Crippen LogP contribution in [0.5, 0.6) is 5.75 Å². The second-order valence-electron chi connectivity index (χ2n) is 6.51. The van der Waals surface area contributed by atoms with Crippen molar-refractivity contribution in [1.82, 2.24) is 9.80 Å². The summed E-state index contributed by atoms with van der Waals surface area (Å²) in [4.78, 5) is 28.5. The number of ether oxygens (including phenoxy) is 1. The van der Waals surface area contributed by atoms with Gasteiger partial charge in [0.2, 0.25) is 5.88 Å². The minimum Gasteiger partial charge on any atom is -0.550 e. The quantitative estimate of drug-likeness (QED) is 0.486. The number of fused-ring (bicyclic) bond motifs is 1. The molecule has 0 aliphatic carbocycles. The zero-order valence-corrected chi connectivity index (χ0v) is 16.9. The summed E-state index contributed by atoms with van der Waals surface area (Å²) in [6.07, 6.45) is 3.87. The molecule has 1 saturated heterocycles. The summed E-state index contributed by atoms with van der Waals surface area (Å²) in [7, 11) is 0. The van der Waals surface area contributed by atoms with Crippen molar-refractivity contribution in [2.75, 3.05) is 31.1 Å². The highest BCUT2D eigenvalue weighted by Gasteiger charge is 2.37. The average molecular weight is 416 g/mol. The minimum atomic E-state index is -1.16. The van der Waals surface area contributed by atoms with Crippen LogP contribution in [0.1, 0.15) is 19.8 Å². The number of rotatable bonds is 8. The normalized spacial score (nSPS) is 18.8. The molecule has 1 amide bonds. The highest BCUT2D eigenvalue weighted by Crippen LogP contribution is 2.38. The molecule has 2 aliphatic heterocycles. The Balaban J connectivity index is 1.92. The number of para-hydroxylation sites is 2. The topological polar surface area (TPSA) is 96.4 Å². The van der Waals surface area contributed by atoms with Gasteiger partial charge in [-0.05, 0) is 36.8 Å². The van der Waals surface area contributed by atoms with Gasteiger partial charge < -0.3 is 29.5 Å². The zero-order chi connectivity index (χ0) is 21.0. The van der Waals surface area contributed by atoms with Crippen LogP contribution in [0.4, 0.5) is 5.69 Å². The molecular weight excluding hydrogens is 394 g/mol. The molecule has 0 radical (unpaired) electrons. The Morgan fingerprint density at radius 3 is 2.62 bits per heavy atom. The van der Waals surface area contributed by atoms with Crippen molar-refractivity contribution in [3.05, 3.63) is 48.0 Å². The number of amides is 1. The van der Waals surface area contributed by atoms with E-state index in [1.165, 1.54) is 4.90 Å². The molecule has 0 atom stereocenters. The first kappa shape index (κ1) is 20.8. The average Bonchev–Trinajstić information content (AvgIpc) is 3.16. The van der Waals surface area contributed by atoms with E-state index in [0.717, 1.165) is 12.1 Å². The number of carboxylic acid groups (broad SMARTS) is 1. The molecule has 8 nitrogen and oxygen atoms in total. The fourth-order valence-corrected chi connectivity index (χ4v) is 3.61. The van der Waals surface area contributed by atoms with Crippen LogP contribution in [-0.2, 0) is 9.59 Å². The fourth-order valence-electron chi connectivity index (χ4n) is 3.25. The number of allylic oxidation sites excluding steroid dienone is 2. The predicted molar refractivity (Wildman–Crippen MR) is 109 cm³/mol. The van der Waals surface area contributed by atoms with Crippen LogP contribution in [0, 0.1) is 0 Å². The predicted octanol–water partition coefficient (Wildman–Crippen LogP) is 0.582. The van der Waals surface area contributed by atoms with Gasteiger partial charge in [-0.3, -0.25) is 9.69 Å². The molecule has 0 unspecified atom stereocenters. The first-order valence-electron chi connectivity index (χ1n) is 9.38. The number of aliphatic carboxylic acids is 1. The molecule has 0 spiro atoms. The molecule has 29 heavy (non-hydrogen) atoms. The summed E-state index contributed by atoms with van der Waals surface area (Å²) in [6.45, 7) is 2.67. The largest absolute Gasteiger partial charge is 0.550 e. The highest BCUT2D eigenvalue weighted by atomic mass is 32.1. The third-order valence-corrected chi connectivity index (χ3v) is 4.99. The second-order valence-corrected chi connectivity index (χ2v) is 6.88. The Kier molecular flexibility index (Phi) is 6.50. The SMILES string of the molecule is CCCN1C(=S)N(CCO)C(=O)C1=C/C=C1/Oc2ccccc2N1CCC(=O)[O-]. The maximum absolute atomic E-state index is 12.8. The van der Waals surface area contributed by atoms with E-state index >= 15 is 0 Å². The first-order valence-corrected chi connectivity index (χ1v) is 9.79. The van der Waals surface area contributed by atoms with Crippen molar-refractivity contribution < 1.29 is 24.5 Å². The van der Waals surface area contributed by atoms with Crippen LogP contribution in [0.25, 0.3) is 0 Å². The molecule has 0 saturated carbocycles. The van der Waals surface area contributed by atoms with E-state index in [1.807, 2.05) is 25.1 Å². The van der Waals surface area contributed by atoms with Crippen LogP contribution < -0.4 is 14.7 Å². The van der Waals surface area contributed by atoms with E-state index in [9.17, 15) is 19.8 Å². The van der Waals surface area contributed by atoms with Crippen molar-refractivity contribution >= 4 is 34.9 Å². The van der Waals surface area contributed by atoms with Gasteiger partial charge in [-0.1, -0.05) is 19.1 Å². The number of carbonyl (C=O) groups excluding carboxylic acids is 2. The molecular formula is C20H22N3O5S-. The molecule has 2 aliphatic rings. The number of benzene rings is 1. The number of aliphatic hydroxyl groups is 1. The van der Waals surface area contributed by atoms with Gasteiger partial charge in [0.25, 0.3) is 5.91 Å². The number of hydrogen-bond acceptors (Lipinski definition) is 7. The Bertz CT molecular complexity index is 883. The third kappa shape index (κ3) is 4.25. The molecule has 2 heterocycles. The lowest BCUT2D eigenvalue weighted by atomic mass is 10.2. The molecule has 0 aromatic heterocycles. The summed E-state index contributed by atoms with van der Waals surface area (Å²) < 4.78 is 5.86.